The van der Waals surface area contributed by atoms with Crippen LogP contribution in [0.3, 0.4) is 0 Å². The van der Waals surface area contributed by atoms with E-state index < -0.39 is 11.6 Å². The Morgan fingerprint density at radius 2 is 2.06 bits per heavy atom. The van der Waals surface area contributed by atoms with Crippen molar-refractivity contribution in [3.63, 3.8) is 0 Å². The van der Waals surface area contributed by atoms with E-state index in [1.165, 1.54) is 6.08 Å². The Bertz CT molecular complexity index is 484. The number of halogens is 2. The molecule has 0 amide bonds. The van der Waals surface area contributed by atoms with Crippen LogP contribution in [-0.4, -0.2) is 18.6 Å². The van der Waals surface area contributed by atoms with Crippen LogP contribution in [0.2, 0.25) is 0 Å². The Morgan fingerprint density at radius 3 is 2.67 bits per heavy atom. The van der Waals surface area contributed by atoms with Gasteiger partial charge in [0, 0.05) is 6.04 Å². The molecule has 0 heterocycles. The lowest BCUT2D eigenvalue weighted by Crippen LogP contribution is -2.57. The predicted molar refractivity (Wildman–Crippen MR) is 76.1 cm³/mol. The second-order valence-electron chi connectivity index (χ2n) is 4.49. The van der Waals surface area contributed by atoms with Gasteiger partial charge in [-0.3, -0.25) is 0 Å². The average Bonchev–Trinajstić information content (AvgIpc) is 2.37. The molecule has 0 aliphatic heterocycles. The van der Waals surface area contributed by atoms with E-state index in [-0.39, 0.29) is 5.83 Å². The zero-order valence-corrected chi connectivity index (χ0v) is 11.7. The van der Waals surface area contributed by atoms with E-state index >= 15 is 0 Å². The van der Waals surface area contributed by atoms with Crippen molar-refractivity contribution in [2.45, 2.75) is 18.0 Å². The second-order valence-corrected chi connectivity index (χ2v) is 5.34. The van der Waals surface area contributed by atoms with Gasteiger partial charge in [-0.25, -0.2) is 4.39 Å². The molecule has 0 spiro atoms. The van der Waals surface area contributed by atoms with Crippen LogP contribution in [0.4, 0.5) is 4.39 Å². The van der Waals surface area contributed by atoms with Crippen LogP contribution in [0.15, 0.2) is 52.8 Å². The summed E-state index contributed by atoms with van der Waals surface area (Å²) >= 11 is 3.23. The van der Waals surface area contributed by atoms with Gasteiger partial charge in [-0.05, 0) is 47.1 Å². The second kappa shape index (κ2) is 5.34. The number of nitrogens with two attached hydrogens (primary N) is 1. The zero-order valence-electron chi connectivity index (χ0n) is 10.2. The fourth-order valence-electron chi connectivity index (χ4n) is 2.21. The molecule has 2 atom stereocenters. The van der Waals surface area contributed by atoms with E-state index in [1.54, 1.807) is 0 Å². The Labute approximate surface area is 115 Å². The molecule has 1 aliphatic rings. The number of benzene rings is 1. The minimum absolute atomic E-state index is 0.304. The molecule has 0 fully saturated rings. The Kier molecular flexibility index (Phi) is 4.00. The average molecular weight is 311 g/mol. The first kappa shape index (κ1) is 13.5. The molecule has 4 heteroatoms. The number of rotatable bonds is 3. The first-order chi connectivity index (χ1) is 8.57. The van der Waals surface area contributed by atoms with Crippen LogP contribution in [-0.2, 0) is 6.42 Å². The van der Waals surface area contributed by atoms with Gasteiger partial charge in [0.15, 0.2) is 0 Å². The van der Waals surface area contributed by atoms with E-state index in [9.17, 15) is 4.39 Å². The lowest BCUT2D eigenvalue weighted by atomic mass is 9.81. The highest BCUT2D eigenvalue weighted by Gasteiger charge is 2.36. The molecule has 2 nitrogen and oxygen atoms in total. The summed E-state index contributed by atoms with van der Waals surface area (Å²) in [5.41, 5.74) is 6.78. The lowest BCUT2D eigenvalue weighted by Gasteiger charge is -2.37. The van der Waals surface area contributed by atoms with Crippen molar-refractivity contribution in [2.75, 3.05) is 7.05 Å². The van der Waals surface area contributed by atoms with Gasteiger partial charge in [0.25, 0.3) is 0 Å². The Balaban J connectivity index is 2.32. The maximum Gasteiger partial charge on any atom is 0.134 e. The van der Waals surface area contributed by atoms with Crippen LogP contribution >= 0.6 is 15.9 Å². The van der Waals surface area contributed by atoms with Crippen LogP contribution in [0.1, 0.15) is 5.56 Å². The van der Waals surface area contributed by atoms with Gasteiger partial charge in [0.2, 0.25) is 0 Å². The topological polar surface area (TPSA) is 38.0 Å². The Hall–Kier alpha value is -0.970. The summed E-state index contributed by atoms with van der Waals surface area (Å²) in [6, 6.07) is 9.64. The highest BCUT2D eigenvalue weighted by atomic mass is 79.9. The lowest BCUT2D eigenvalue weighted by molar-refractivity contribution is 0.380. The summed E-state index contributed by atoms with van der Waals surface area (Å²) in [7, 11) is 1.84. The van der Waals surface area contributed by atoms with Gasteiger partial charge in [-0.1, -0.05) is 30.3 Å². The van der Waals surface area contributed by atoms with E-state index in [4.69, 9.17) is 5.73 Å². The van der Waals surface area contributed by atoms with Crippen molar-refractivity contribution in [3.8, 4) is 0 Å². The third kappa shape index (κ3) is 2.55. The normalized spacial score (nSPS) is 27.7. The van der Waals surface area contributed by atoms with Crippen LogP contribution in [0, 0.1) is 0 Å². The maximum atomic E-state index is 13.5. The molecule has 0 saturated carbocycles. The van der Waals surface area contributed by atoms with Crippen LogP contribution in [0.5, 0.6) is 0 Å². The highest BCUT2D eigenvalue weighted by molar-refractivity contribution is 9.11. The molecule has 1 aliphatic carbocycles. The van der Waals surface area contributed by atoms with Crippen molar-refractivity contribution >= 4 is 15.9 Å². The van der Waals surface area contributed by atoms with E-state index in [0.717, 1.165) is 5.56 Å². The fraction of sp³-hybridized carbons (Fsp3) is 0.286. The number of nitrogens with one attached hydrogen (secondary N) is 1. The fourth-order valence-corrected chi connectivity index (χ4v) is 2.75. The van der Waals surface area contributed by atoms with Crippen molar-refractivity contribution < 1.29 is 4.39 Å². The van der Waals surface area contributed by atoms with Crippen molar-refractivity contribution in [1.82, 2.24) is 5.32 Å². The third-order valence-electron chi connectivity index (χ3n) is 3.34. The van der Waals surface area contributed by atoms with Crippen molar-refractivity contribution in [1.29, 1.82) is 0 Å². The molecular weight excluding hydrogens is 295 g/mol. The highest BCUT2D eigenvalue weighted by Crippen LogP contribution is 2.32. The number of likely N-dealkylation sites (N-methyl/N-ethyl adjacent to an activating group) is 1. The minimum Gasteiger partial charge on any atom is -0.323 e. The van der Waals surface area contributed by atoms with Gasteiger partial charge in [-0.15, -0.1) is 0 Å². The Morgan fingerprint density at radius 1 is 1.39 bits per heavy atom. The van der Waals surface area contributed by atoms with E-state index in [2.05, 4.69) is 21.2 Å². The molecule has 2 rings (SSSR count). The molecule has 0 radical (unpaired) electrons. The monoisotopic (exact) mass is 310 g/mol. The van der Waals surface area contributed by atoms with Gasteiger partial charge >= 0.3 is 0 Å². The predicted octanol–water partition coefficient (Wildman–Crippen LogP) is 2.66. The molecule has 3 N–H and O–H groups in total. The van der Waals surface area contributed by atoms with Gasteiger partial charge in [0.1, 0.15) is 5.83 Å². The maximum absolute atomic E-state index is 13.5. The van der Waals surface area contributed by atoms with Gasteiger partial charge in [-0.2, -0.15) is 0 Å². The number of hydrogen-bond donors (Lipinski definition) is 2. The largest absolute Gasteiger partial charge is 0.323 e. The summed E-state index contributed by atoms with van der Waals surface area (Å²) in [4.78, 5) is 0. The minimum atomic E-state index is -0.463. The molecule has 2 unspecified atom stereocenters. The molecule has 1 aromatic carbocycles. The van der Waals surface area contributed by atoms with E-state index in [0.29, 0.717) is 10.9 Å². The molecular formula is C14H16BrFN2. The number of hydrogen-bond acceptors (Lipinski definition) is 2. The molecule has 0 saturated heterocycles. The molecule has 0 bridgehead atoms. The third-order valence-corrected chi connectivity index (χ3v) is 3.95. The molecule has 0 aromatic heterocycles. The number of allylic oxidation sites excluding steroid dienone is 2. The SMILES string of the molecule is CNC1(Cc2ccccc2)C=C(Br)C(F)=CC1N. The summed E-state index contributed by atoms with van der Waals surface area (Å²) in [5, 5.41) is 3.22. The molecule has 18 heavy (non-hydrogen) atoms. The van der Waals surface area contributed by atoms with Gasteiger partial charge in [0.05, 0.1) is 10.0 Å². The van der Waals surface area contributed by atoms with Gasteiger partial charge < -0.3 is 11.1 Å². The molecule has 96 valence electrons. The first-order valence-electron chi connectivity index (χ1n) is 5.82. The summed E-state index contributed by atoms with van der Waals surface area (Å²) in [5.74, 6) is -0.304. The summed E-state index contributed by atoms with van der Waals surface area (Å²) < 4.78 is 13.9. The first-order valence-corrected chi connectivity index (χ1v) is 6.61. The quantitative estimate of drug-likeness (QED) is 0.901. The van der Waals surface area contributed by atoms with E-state index in [1.807, 2.05) is 43.5 Å². The zero-order chi connectivity index (χ0) is 13.2. The van der Waals surface area contributed by atoms with Crippen LogP contribution in [0.25, 0.3) is 0 Å². The van der Waals surface area contributed by atoms with Crippen molar-refractivity contribution in [3.05, 3.63) is 58.4 Å². The molecule has 1 aromatic rings. The summed E-state index contributed by atoms with van der Waals surface area (Å²) in [6.07, 6.45) is 3.98. The standard InChI is InChI=1S/C14H16BrFN2/c1-18-14(8-10-5-3-2-4-6-10)9-11(15)12(16)7-13(14)17/h2-7,9,13,18H,8,17H2,1H3. The van der Waals surface area contributed by atoms with Crippen LogP contribution < -0.4 is 11.1 Å². The smallest absolute Gasteiger partial charge is 0.134 e. The summed E-state index contributed by atoms with van der Waals surface area (Å²) in [6.45, 7) is 0. The van der Waals surface area contributed by atoms with Crippen molar-refractivity contribution in [2.24, 2.45) is 5.73 Å².